The molecule has 1 heterocycles. The van der Waals surface area contributed by atoms with E-state index in [9.17, 15) is 9.59 Å². The topological polar surface area (TPSA) is 78.4 Å². The predicted octanol–water partition coefficient (Wildman–Crippen LogP) is 3.33. The molecule has 0 saturated heterocycles. The van der Waals surface area contributed by atoms with E-state index in [2.05, 4.69) is 10.6 Å². The lowest BCUT2D eigenvalue weighted by atomic mass is 10.1. The van der Waals surface area contributed by atoms with E-state index in [4.69, 9.17) is 5.11 Å². The normalized spacial score (nSPS) is 10.2. The van der Waals surface area contributed by atoms with Crippen LogP contribution < -0.4 is 10.6 Å². The van der Waals surface area contributed by atoms with Crippen LogP contribution in [0.3, 0.4) is 0 Å². The van der Waals surface area contributed by atoms with E-state index in [1.165, 1.54) is 18.3 Å². The van der Waals surface area contributed by atoms with E-state index in [0.29, 0.717) is 12.1 Å². The van der Waals surface area contributed by atoms with Crippen LogP contribution in [-0.2, 0) is 11.3 Å². The van der Waals surface area contributed by atoms with E-state index in [-0.39, 0.29) is 5.91 Å². The third-order valence-electron chi connectivity index (χ3n) is 2.92. The minimum Gasteiger partial charge on any atom is -0.478 e. The van der Waals surface area contributed by atoms with Crippen LogP contribution in [0, 0.1) is 6.92 Å². The molecule has 2 aromatic rings. The quantitative estimate of drug-likeness (QED) is 0.791. The molecule has 0 atom stereocenters. The summed E-state index contributed by atoms with van der Waals surface area (Å²) in [6, 6.07) is 7.36. The molecule has 6 heteroatoms. The second-order valence-electron chi connectivity index (χ2n) is 4.67. The molecule has 0 radical (unpaired) electrons. The summed E-state index contributed by atoms with van der Waals surface area (Å²) in [5.41, 5.74) is 2.93. The second-order valence-corrected chi connectivity index (χ2v) is 5.67. The van der Waals surface area contributed by atoms with Gasteiger partial charge >= 0.3 is 5.97 Å². The highest BCUT2D eigenvalue weighted by atomic mass is 32.1. The number of thiophene rings is 1. The van der Waals surface area contributed by atoms with Crippen LogP contribution in [-0.4, -0.2) is 17.0 Å². The van der Waals surface area contributed by atoms with Crippen molar-refractivity contribution in [1.82, 2.24) is 0 Å². The van der Waals surface area contributed by atoms with Crippen molar-refractivity contribution in [1.29, 1.82) is 0 Å². The van der Waals surface area contributed by atoms with E-state index in [1.54, 1.807) is 11.4 Å². The number of hydrogen-bond donors (Lipinski definition) is 3. The summed E-state index contributed by atoms with van der Waals surface area (Å²) < 4.78 is 0. The molecule has 2 rings (SSSR count). The summed E-state index contributed by atoms with van der Waals surface area (Å²) in [5.74, 6) is -1.03. The van der Waals surface area contributed by atoms with Gasteiger partial charge in [-0.2, -0.15) is 0 Å². The summed E-state index contributed by atoms with van der Waals surface area (Å²) in [6.45, 7) is 3.94. The Kier molecular flexibility index (Phi) is 4.59. The maximum absolute atomic E-state index is 11.1. The number of aryl methyl sites for hydroxylation is 1. The first-order chi connectivity index (χ1) is 9.95. The molecule has 21 heavy (non-hydrogen) atoms. The maximum Gasteiger partial charge on any atom is 0.336 e. The molecule has 5 nitrogen and oxygen atoms in total. The van der Waals surface area contributed by atoms with Gasteiger partial charge < -0.3 is 15.7 Å². The Morgan fingerprint density at radius 3 is 2.67 bits per heavy atom. The molecule has 0 saturated carbocycles. The maximum atomic E-state index is 11.1. The lowest BCUT2D eigenvalue weighted by molar-refractivity contribution is -0.114. The molecule has 0 unspecified atom stereocenters. The van der Waals surface area contributed by atoms with E-state index in [1.807, 2.05) is 25.1 Å². The lowest BCUT2D eigenvalue weighted by Gasteiger charge is -2.10. The highest BCUT2D eigenvalue weighted by Crippen LogP contribution is 2.22. The average molecular weight is 304 g/mol. The zero-order valence-corrected chi connectivity index (χ0v) is 12.6. The number of carbonyl (C=O) groups excluding carboxylic acids is 1. The SMILES string of the molecule is CC(=O)Nc1cc(NCc2cc(C(=O)O)cs2)ccc1C. The number of benzene rings is 1. The van der Waals surface area contributed by atoms with E-state index in [0.717, 1.165) is 21.8 Å². The van der Waals surface area contributed by atoms with E-state index >= 15 is 0 Å². The van der Waals surface area contributed by atoms with Crippen molar-refractivity contribution in [3.05, 3.63) is 45.6 Å². The van der Waals surface area contributed by atoms with E-state index < -0.39 is 5.97 Å². The van der Waals surface area contributed by atoms with Crippen LogP contribution in [0.5, 0.6) is 0 Å². The highest BCUT2D eigenvalue weighted by Gasteiger charge is 2.07. The Balaban J connectivity index is 2.05. The van der Waals surface area contributed by atoms with Crippen molar-refractivity contribution >= 4 is 34.6 Å². The van der Waals surface area contributed by atoms with Gasteiger partial charge in [0.2, 0.25) is 5.91 Å². The number of carbonyl (C=O) groups is 2. The third kappa shape index (κ3) is 4.06. The fraction of sp³-hybridized carbons (Fsp3) is 0.200. The highest BCUT2D eigenvalue weighted by molar-refractivity contribution is 7.10. The minimum absolute atomic E-state index is 0.111. The monoisotopic (exact) mass is 304 g/mol. The Labute approximate surface area is 126 Å². The molecular formula is C15H16N2O3S. The molecule has 0 bridgehead atoms. The predicted molar refractivity (Wildman–Crippen MR) is 84.1 cm³/mol. The van der Waals surface area contributed by atoms with Gasteiger partial charge in [0.15, 0.2) is 0 Å². The van der Waals surface area contributed by atoms with Gasteiger partial charge in [-0.3, -0.25) is 4.79 Å². The van der Waals surface area contributed by atoms with Gasteiger partial charge in [0.1, 0.15) is 0 Å². The van der Waals surface area contributed by atoms with Crippen molar-refractivity contribution in [3.8, 4) is 0 Å². The molecule has 0 aliphatic rings. The Morgan fingerprint density at radius 2 is 2.05 bits per heavy atom. The molecule has 1 aromatic carbocycles. The summed E-state index contributed by atoms with van der Waals surface area (Å²) in [6.07, 6.45) is 0. The number of hydrogen-bond acceptors (Lipinski definition) is 4. The van der Waals surface area contributed by atoms with Gasteiger partial charge in [0.05, 0.1) is 5.56 Å². The Bertz CT molecular complexity index is 679. The van der Waals surface area contributed by atoms with Crippen molar-refractivity contribution in [2.24, 2.45) is 0 Å². The Morgan fingerprint density at radius 1 is 1.29 bits per heavy atom. The fourth-order valence-electron chi connectivity index (χ4n) is 1.83. The van der Waals surface area contributed by atoms with Crippen LogP contribution >= 0.6 is 11.3 Å². The average Bonchev–Trinajstić information content (AvgIpc) is 2.88. The molecule has 3 N–H and O–H groups in total. The zero-order valence-electron chi connectivity index (χ0n) is 11.8. The van der Waals surface area contributed by atoms with Gasteiger partial charge in [-0.05, 0) is 30.7 Å². The number of carboxylic acids is 1. The van der Waals surface area contributed by atoms with Crippen LogP contribution in [0.15, 0.2) is 29.6 Å². The van der Waals surface area contributed by atoms with Gasteiger partial charge in [-0.1, -0.05) is 6.07 Å². The van der Waals surface area contributed by atoms with Crippen molar-refractivity contribution in [3.63, 3.8) is 0 Å². The molecular weight excluding hydrogens is 288 g/mol. The number of anilines is 2. The molecule has 1 amide bonds. The number of aromatic carboxylic acids is 1. The Hall–Kier alpha value is -2.34. The first kappa shape index (κ1) is 15.1. The summed E-state index contributed by atoms with van der Waals surface area (Å²) >= 11 is 1.40. The van der Waals surface area contributed by atoms with Crippen LogP contribution in [0.25, 0.3) is 0 Å². The van der Waals surface area contributed by atoms with Crippen molar-refractivity contribution in [2.45, 2.75) is 20.4 Å². The number of rotatable bonds is 5. The molecule has 0 fully saturated rings. The third-order valence-corrected chi connectivity index (χ3v) is 3.85. The first-order valence-electron chi connectivity index (χ1n) is 6.38. The van der Waals surface area contributed by atoms with Crippen molar-refractivity contribution in [2.75, 3.05) is 10.6 Å². The largest absolute Gasteiger partial charge is 0.478 e. The smallest absolute Gasteiger partial charge is 0.336 e. The van der Waals surface area contributed by atoms with Gasteiger partial charge in [0, 0.05) is 35.1 Å². The van der Waals surface area contributed by atoms with Crippen molar-refractivity contribution < 1.29 is 14.7 Å². The molecule has 110 valence electrons. The number of nitrogens with one attached hydrogen (secondary N) is 2. The molecule has 0 aliphatic heterocycles. The molecule has 0 aliphatic carbocycles. The van der Waals surface area contributed by atoms with Crippen LogP contribution in [0.2, 0.25) is 0 Å². The summed E-state index contributed by atoms with van der Waals surface area (Å²) in [4.78, 5) is 22.9. The molecule has 0 spiro atoms. The summed E-state index contributed by atoms with van der Waals surface area (Å²) in [7, 11) is 0. The zero-order chi connectivity index (χ0) is 15.4. The lowest BCUT2D eigenvalue weighted by Crippen LogP contribution is -2.08. The van der Waals surface area contributed by atoms with Crippen LogP contribution in [0.1, 0.15) is 27.7 Å². The van der Waals surface area contributed by atoms with Gasteiger partial charge in [-0.15, -0.1) is 11.3 Å². The van der Waals surface area contributed by atoms with Gasteiger partial charge in [-0.25, -0.2) is 4.79 Å². The van der Waals surface area contributed by atoms with Gasteiger partial charge in [0.25, 0.3) is 0 Å². The standard InChI is InChI=1S/C15H16N2O3S/c1-9-3-4-12(6-14(9)17-10(2)18)16-7-13-5-11(8-21-13)15(19)20/h3-6,8,16H,7H2,1-2H3,(H,17,18)(H,19,20). The molecule has 1 aromatic heterocycles. The van der Waals surface area contributed by atoms with Crippen LogP contribution in [0.4, 0.5) is 11.4 Å². The first-order valence-corrected chi connectivity index (χ1v) is 7.26. The number of amides is 1. The minimum atomic E-state index is -0.916. The summed E-state index contributed by atoms with van der Waals surface area (Å²) in [5, 5.41) is 16.5. The number of carboxylic acid groups (broad SMARTS) is 1. The second kappa shape index (κ2) is 6.41. The fourth-order valence-corrected chi connectivity index (χ4v) is 2.63.